The summed E-state index contributed by atoms with van der Waals surface area (Å²) in [5.74, 6) is 0. The minimum absolute atomic E-state index is 0.621. The molecule has 0 atom stereocenters. The van der Waals surface area contributed by atoms with Crippen LogP contribution in [-0.2, 0) is 0 Å². The van der Waals surface area contributed by atoms with Crippen LogP contribution in [0.4, 0.5) is 0 Å². The summed E-state index contributed by atoms with van der Waals surface area (Å²) in [5.41, 5.74) is 18.5. The Morgan fingerprint density at radius 1 is 0.323 bits per heavy atom. The Morgan fingerprint density at radius 2 is 0.710 bits per heavy atom. The summed E-state index contributed by atoms with van der Waals surface area (Å²) in [5, 5.41) is 24.5. The van der Waals surface area contributed by atoms with Gasteiger partial charge in [0.1, 0.15) is 0 Å². The minimum atomic E-state index is 0.621. The van der Waals surface area contributed by atoms with Gasteiger partial charge in [-0.1, -0.05) is 121 Å². The summed E-state index contributed by atoms with van der Waals surface area (Å²) in [6.07, 6.45) is 0. The molecule has 9 aromatic carbocycles. The summed E-state index contributed by atoms with van der Waals surface area (Å²) in [6, 6.07) is 73.6. The third-order valence-corrected chi connectivity index (χ3v) is 12.4. The molecule has 0 saturated carbocycles. The Bertz CT molecular complexity index is 3420. The van der Waals surface area contributed by atoms with E-state index in [1.54, 1.807) is 0 Å². The second-order valence-corrected chi connectivity index (χ2v) is 16.1. The summed E-state index contributed by atoms with van der Waals surface area (Å²) < 4.78 is 4.87. The van der Waals surface area contributed by atoms with E-state index in [4.69, 9.17) is 0 Å². The molecular formula is C58H38N4. The van der Waals surface area contributed by atoms with E-state index in [9.17, 15) is 10.5 Å². The Kier molecular flexibility index (Phi) is 8.67. The molecule has 290 valence electrons. The number of benzene rings is 9. The Labute approximate surface area is 360 Å². The molecule has 0 aliphatic rings. The number of nitrogens with zero attached hydrogens (tertiary/aromatic N) is 4. The van der Waals surface area contributed by atoms with E-state index in [1.165, 1.54) is 43.8 Å². The standard InChI is InChI=1S/C58H38N4/c1-37-29-39(35-59)21-25-45(37)49-33-57(61-53-19-11-9-17-47(53)51-31-43(23-27-55(51)61)41-13-5-3-6-14-41)58(34-50(49)46-26-22-40(36-60)30-38(46)2)62-54-20-12-10-18-48(54)52-32-44(24-28-56(52)62)42-15-7-4-8-16-42/h3-34H,1-2H3. The van der Waals surface area contributed by atoms with Gasteiger partial charge in [-0.15, -0.1) is 0 Å². The van der Waals surface area contributed by atoms with Crippen LogP contribution in [-0.4, -0.2) is 9.13 Å². The van der Waals surface area contributed by atoms with Crippen LogP contribution in [0, 0.1) is 36.5 Å². The number of nitriles is 2. The monoisotopic (exact) mass is 790 g/mol. The third kappa shape index (κ3) is 5.89. The highest BCUT2D eigenvalue weighted by Crippen LogP contribution is 2.45. The van der Waals surface area contributed by atoms with Crippen molar-refractivity contribution in [3.05, 3.63) is 216 Å². The number of hydrogen-bond donors (Lipinski definition) is 0. The number of aryl methyl sites for hydroxylation is 2. The number of para-hydroxylation sites is 2. The van der Waals surface area contributed by atoms with E-state index in [0.29, 0.717) is 11.1 Å². The van der Waals surface area contributed by atoms with Gasteiger partial charge in [0.15, 0.2) is 0 Å². The van der Waals surface area contributed by atoms with Gasteiger partial charge in [0.25, 0.3) is 0 Å². The molecule has 2 heterocycles. The van der Waals surface area contributed by atoms with Gasteiger partial charge in [-0.05, 0) is 142 Å². The zero-order chi connectivity index (χ0) is 41.9. The summed E-state index contributed by atoms with van der Waals surface area (Å²) in [6.45, 7) is 4.17. The fourth-order valence-corrected chi connectivity index (χ4v) is 9.54. The first-order valence-corrected chi connectivity index (χ1v) is 20.9. The Hall–Kier alpha value is -8.44. The van der Waals surface area contributed by atoms with Crippen molar-refractivity contribution in [2.75, 3.05) is 0 Å². The third-order valence-electron chi connectivity index (χ3n) is 12.4. The lowest BCUT2D eigenvalue weighted by Crippen LogP contribution is -2.06. The quantitative estimate of drug-likeness (QED) is 0.168. The lowest BCUT2D eigenvalue weighted by molar-refractivity contribution is 1.10. The fraction of sp³-hybridized carbons (Fsp3) is 0.0345. The molecule has 11 rings (SSSR count). The van der Waals surface area contributed by atoms with Crippen molar-refractivity contribution in [2.45, 2.75) is 13.8 Å². The van der Waals surface area contributed by atoms with E-state index in [0.717, 1.165) is 66.8 Å². The predicted molar refractivity (Wildman–Crippen MR) is 256 cm³/mol. The molecule has 4 heteroatoms. The normalized spacial score (nSPS) is 11.4. The second-order valence-electron chi connectivity index (χ2n) is 16.1. The van der Waals surface area contributed by atoms with Crippen LogP contribution in [0.15, 0.2) is 194 Å². The van der Waals surface area contributed by atoms with Gasteiger partial charge in [0.05, 0.1) is 56.7 Å². The fourth-order valence-electron chi connectivity index (χ4n) is 9.54. The van der Waals surface area contributed by atoms with Crippen LogP contribution in [0.3, 0.4) is 0 Å². The smallest absolute Gasteiger partial charge is 0.0991 e. The molecular weight excluding hydrogens is 753 g/mol. The van der Waals surface area contributed by atoms with E-state index in [2.05, 4.69) is 205 Å². The molecule has 0 radical (unpaired) electrons. The van der Waals surface area contributed by atoms with E-state index in [1.807, 2.05) is 24.3 Å². The molecule has 0 bridgehead atoms. The van der Waals surface area contributed by atoms with Crippen molar-refractivity contribution in [1.82, 2.24) is 9.13 Å². The zero-order valence-corrected chi connectivity index (χ0v) is 34.3. The Balaban J connectivity index is 1.30. The minimum Gasteiger partial charge on any atom is -0.307 e. The van der Waals surface area contributed by atoms with Crippen molar-refractivity contribution in [2.24, 2.45) is 0 Å². The summed E-state index contributed by atoms with van der Waals surface area (Å²) >= 11 is 0. The lowest BCUT2D eigenvalue weighted by Gasteiger charge is -2.23. The predicted octanol–water partition coefficient (Wildman–Crippen LogP) is 14.9. The molecule has 0 aliphatic carbocycles. The number of hydrogen-bond acceptors (Lipinski definition) is 2. The van der Waals surface area contributed by atoms with Gasteiger partial charge >= 0.3 is 0 Å². The van der Waals surface area contributed by atoms with E-state index >= 15 is 0 Å². The van der Waals surface area contributed by atoms with Crippen molar-refractivity contribution in [3.8, 4) is 68.0 Å². The summed E-state index contributed by atoms with van der Waals surface area (Å²) in [7, 11) is 0. The average Bonchev–Trinajstić information content (AvgIpc) is 3.83. The Morgan fingerprint density at radius 3 is 1.11 bits per heavy atom. The van der Waals surface area contributed by atoms with Crippen LogP contribution in [0.2, 0.25) is 0 Å². The average molecular weight is 791 g/mol. The summed E-state index contributed by atoms with van der Waals surface area (Å²) in [4.78, 5) is 0. The first-order chi connectivity index (χ1) is 30.5. The van der Waals surface area contributed by atoms with Gasteiger partial charge < -0.3 is 9.13 Å². The molecule has 0 amide bonds. The van der Waals surface area contributed by atoms with Crippen LogP contribution in [0.5, 0.6) is 0 Å². The molecule has 4 nitrogen and oxygen atoms in total. The highest BCUT2D eigenvalue weighted by Gasteiger charge is 2.24. The van der Waals surface area contributed by atoms with Gasteiger partial charge in [-0.2, -0.15) is 10.5 Å². The molecule has 0 spiro atoms. The number of rotatable bonds is 6. The molecule has 0 N–H and O–H groups in total. The second kappa shape index (κ2) is 14.7. The maximum absolute atomic E-state index is 9.92. The van der Waals surface area contributed by atoms with Crippen LogP contribution >= 0.6 is 0 Å². The van der Waals surface area contributed by atoms with Crippen molar-refractivity contribution in [1.29, 1.82) is 10.5 Å². The molecule has 62 heavy (non-hydrogen) atoms. The van der Waals surface area contributed by atoms with Crippen molar-refractivity contribution >= 4 is 43.6 Å². The van der Waals surface area contributed by atoms with Gasteiger partial charge in [-0.25, -0.2) is 0 Å². The van der Waals surface area contributed by atoms with E-state index < -0.39 is 0 Å². The zero-order valence-electron chi connectivity index (χ0n) is 34.3. The maximum atomic E-state index is 9.92. The van der Waals surface area contributed by atoms with E-state index in [-0.39, 0.29) is 0 Å². The molecule has 11 aromatic rings. The molecule has 0 fully saturated rings. The highest BCUT2D eigenvalue weighted by atomic mass is 15.1. The van der Waals surface area contributed by atoms with Gasteiger partial charge in [0, 0.05) is 21.5 Å². The number of fused-ring (bicyclic) bond motifs is 6. The van der Waals surface area contributed by atoms with Crippen LogP contribution in [0.25, 0.3) is 99.5 Å². The topological polar surface area (TPSA) is 57.4 Å². The molecule has 0 saturated heterocycles. The van der Waals surface area contributed by atoms with Gasteiger partial charge in [0.2, 0.25) is 0 Å². The maximum Gasteiger partial charge on any atom is 0.0991 e. The SMILES string of the molecule is Cc1cc(C#N)ccc1-c1cc(-n2c3ccccc3c3cc(-c4ccccc4)ccc32)c(-n2c3ccccc3c3cc(-c4ccccc4)ccc32)cc1-c1ccc(C#N)cc1C. The first kappa shape index (κ1) is 36.6. The van der Waals surface area contributed by atoms with Crippen LogP contribution in [0.1, 0.15) is 22.3 Å². The van der Waals surface area contributed by atoms with Crippen molar-refractivity contribution in [3.63, 3.8) is 0 Å². The highest BCUT2D eigenvalue weighted by molar-refractivity contribution is 6.13. The molecule has 2 aromatic heterocycles. The lowest BCUT2D eigenvalue weighted by atomic mass is 9.88. The largest absolute Gasteiger partial charge is 0.307 e. The van der Waals surface area contributed by atoms with Gasteiger partial charge in [-0.3, -0.25) is 0 Å². The van der Waals surface area contributed by atoms with Crippen LogP contribution < -0.4 is 0 Å². The van der Waals surface area contributed by atoms with Crippen molar-refractivity contribution < 1.29 is 0 Å². The molecule has 0 unspecified atom stereocenters. The molecule has 0 aliphatic heterocycles. The number of aromatic nitrogens is 2. The first-order valence-electron chi connectivity index (χ1n) is 20.9.